The van der Waals surface area contributed by atoms with Crippen LogP contribution in [-0.2, 0) is 0 Å². The van der Waals surface area contributed by atoms with Gasteiger partial charge in [-0.15, -0.1) is 11.3 Å². The fourth-order valence-electron chi connectivity index (χ4n) is 1.57. The van der Waals surface area contributed by atoms with Crippen LogP contribution < -0.4 is 15.9 Å². The molecule has 0 bridgehead atoms. The van der Waals surface area contributed by atoms with Crippen LogP contribution in [0.15, 0.2) is 28.7 Å². The molecular weight excluding hydrogens is 308 g/mol. The Morgan fingerprint density at radius 3 is 3.10 bits per heavy atom. The summed E-state index contributed by atoms with van der Waals surface area (Å²) in [7, 11) is 0. The first kappa shape index (κ1) is 15.6. The minimum atomic E-state index is 0.476. The van der Waals surface area contributed by atoms with Gasteiger partial charge in [0.1, 0.15) is 11.6 Å². The van der Waals surface area contributed by atoms with Gasteiger partial charge in [0, 0.05) is 16.0 Å². The van der Waals surface area contributed by atoms with E-state index in [1.807, 2.05) is 12.1 Å². The maximum Gasteiger partial charge on any atom is 0.205 e. The van der Waals surface area contributed by atoms with Gasteiger partial charge in [-0.25, -0.2) is 4.98 Å². The molecule has 1 aromatic heterocycles. The predicted molar refractivity (Wildman–Crippen MR) is 89.6 cm³/mol. The molecule has 0 unspecified atom stereocenters. The second kappa shape index (κ2) is 7.85. The lowest BCUT2D eigenvalue weighted by molar-refractivity contribution is 0.309. The van der Waals surface area contributed by atoms with Gasteiger partial charge in [0.2, 0.25) is 5.13 Å². The molecule has 3 N–H and O–H groups in total. The molecule has 0 spiro atoms. The van der Waals surface area contributed by atoms with Gasteiger partial charge in [-0.3, -0.25) is 5.43 Å². The van der Waals surface area contributed by atoms with E-state index in [1.165, 1.54) is 11.3 Å². The van der Waals surface area contributed by atoms with E-state index < -0.39 is 0 Å². The summed E-state index contributed by atoms with van der Waals surface area (Å²) in [5.41, 5.74) is 9.18. The van der Waals surface area contributed by atoms with E-state index in [2.05, 4.69) is 22.4 Å². The maximum absolute atomic E-state index is 6.01. The van der Waals surface area contributed by atoms with Gasteiger partial charge >= 0.3 is 0 Å². The van der Waals surface area contributed by atoms with E-state index >= 15 is 0 Å². The number of rotatable bonds is 7. The molecule has 1 aromatic carbocycles. The average molecular weight is 325 g/mol. The number of hydrogen-bond donors (Lipinski definition) is 2. The largest absolute Gasteiger partial charge is 0.493 e. The summed E-state index contributed by atoms with van der Waals surface area (Å²) in [6, 6.07) is 5.46. The van der Waals surface area contributed by atoms with E-state index in [0.29, 0.717) is 22.6 Å². The number of halogens is 1. The van der Waals surface area contributed by atoms with Crippen molar-refractivity contribution >= 4 is 40.1 Å². The number of anilines is 2. The van der Waals surface area contributed by atoms with Gasteiger partial charge in [0.05, 0.1) is 12.8 Å². The van der Waals surface area contributed by atoms with Crippen molar-refractivity contribution in [2.45, 2.75) is 19.8 Å². The molecule has 0 aliphatic rings. The highest BCUT2D eigenvalue weighted by Gasteiger charge is 2.03. The molecule has 0 radical (unpaired) electrons. The van der Waals surface area contributed by atoms with Gasteiger partial charge in [0.15, 0.2) is 0 Å². The van der Waals surface area contributed by atoms with Gasteiger partial charge in [-0.1, -0.05) is 24.9 Å². The number of thiazole rings is 1. The minimum Gasteiger partial charge on any atom is -0.493 e. The molecule has 1 heterocycles. The molecule has 0 saturated carbocycles. The lowest BCUT2D eigenvalue weighted by Crippen LogP contribution is -2.00. The van der Waals surface area contributed by atoms with Crippen molar-refractivity contribution in [3.63, 3.8) is 0 Å². The first-order chi connectivity index (χ1) is 10.2. The Hall–Kier alpha value is -1.79. The molecule has 0 amide bonds. The lowest BCUT2D eigenvalue weighted by Gasteiger charge is -2.08. The zero-order valence-corrected chi connectivity index (χ0v) is 13.2. The fraction of sp³-hybridized carbons (Fsp3) is 0.286. The molecule has 2 aromatic rings. The second-order valence-electron chi connectivity index (χ2n) is 4.33. The summed E-state index contributed by atoms with van der Waals surface area (Å²) in [6.45, 7) is 2.80. The van der Waals surface area contributed by atoms with E-state index in [-0.39, 0.29) is 0 Å². The molecular formula is C14H17ClN4OS. The number of hydrazone groups is 1. The summed E-state index contributed by atoms with van der Waals surface area (Å²) in [6.07, 6.45) is 3.75. The topological polar surface area (TPSA) is 72.5 Å². The highest BCUT2D eigenvalue weighted by molar-refractivity contribution is 7.14. The average Bonchev–Trinajstić information content (AvgIpc) is 2.87. The van der Waals surface area contributed by atoms with Gasteiger partial charge in [0.25, 0.3) is 0 Å². The third-order valence-corrected chi connectivity index (χ3v) is 3.61. The molecule has 0 fully saturated rings. The maximum atomic E-state index is 6.01. The van der Waals surface area contributed by atoms with Crippen LogP contribution in [0.5, 0.6) is 5.75 Å². The SMILES string of the molecule is CCCCOc1ccc(Cl)cc1C=NNc1nc(N)cs1. The predicted octanol–water partition coefficient (Wildman–Crippen LogP) is 4.00. The Bertz CT molecular complexity index is 615. The number of aromatic nitrogens is 1. The first-order valence-electron chi connectivity index (χ1n) is 6.61. The Kier molecular flexibility index (Phi) is 5.83. The van der Waals surface area contributed by atoms with E-state index in [0.717, 1.165) is 24.2 Å². The Balaban J connectivity index is 2.04. The van der Waals surface area contributed by atoms with Gasteiger partial charge < -0.3 is 10.5 Å². The van der Waals surface area contributed by atoms with Crippen molar-refractivity contribution in [1.82, 2.24) is 4.98 Å². The molecule has 0 aliphatic carbocycles. The van der Waals surface area contributed by atoms with Crippen LogP contribution in [0.1, 0.15) is 25.3 Å². The number of unbranched alkanes of at least 4 members (excludes halogenated alkanes) is 1. The van der Waals surface area contributed by atoms with Gasteiger partial charge in [-0.05, 0) is 24.6 Å². The van der Waals surface area contributed by atoms with Crippen LogP contribution in [-0.4, -0.2) is 17.8 Å². The van der Waals surface area contributed by atoms with Crippen LogP contribution in [0.25, 0.3) is 0 Å². The van der Waals surface area contributed by atoms with Crippen LogP contribution in [0, 0.1) is 0 Å². The molecule has 0 saturated heterocycles. The number of nitrogens with one attached hydrogen (secondary N) is 1. The van der Waals surface area contributed by atoms with Crippen molar-refractivity contribution in [2.75, 3.05) is 17.8 Å². The second-order valence-corrected chi connectivity index (χ2v) is 5.63. The molecule has 21 heavy (non-hydrogen) atoms. The first-order valence-corrected chi connectivity index (χ1v) is 7.87. The molecule has 2 rings (SSSR count). The third kappa shape index (κ3) is 4.91. The van der Waals surface area contributed by atoms with E-state index in [1.54, 1.807) is 17.7 Å². The van der Waals surface area contributed by atoms with Crippen molar-refractivity contribution in [3.8, 4) is 5.75 Å². The molecule has 0 atom stereocenters. The van der Waals surface area contributed by atoms with Crippen molar-refractivity contribution in [2.24, 2.45) is 5.10 Å². The number of hydrogen-bond acceptors (Lipinski definition) is 6. The number of nitrogens with two attached hydrogens (primary N) is 1. The number of ether oxygens (including phenoxy) is 1. The van der Waals surface area contributed by atoms with Crippen LogP contribution in [0.2, 0.25) is 5.02 Å². The summed E-state index contributed by atoms with van der Waals surface area (Å²) in [5.74, 6) is 1.24. The fourth-order valence-corrected chi connectivity index (χ4v) is 2.30. The Morgan fingerprint density at radius 1 is 1.52 bits per heavy atom. The molecule has 0 aliphatic heterocycles. The standard InChI is InChI=1S/C14H17ClN4OS/c1-2-3-6-20-12-5-4-11(15)7-10(12)8-17-19-14-18-13(16)9-21-14/h4-5,7-9H,2-3,6,16H2,1H3,(H,18,19). The zero-order valence-electron chi connectivity index (χ0n) is 11.7. The summed E-state index contributed by atoms with van der Waals surface area (Å²) < 4.78 is 5.73. The highest BCUT2D eigenvalue weighted by atomic mass is 35.5. The van der Waals surface area contributed by atoms with E-state index in [4.69, 9.17) is 22.1 Å². The number of nitrogens with zero attached hydrogens (tertiary/aromatic N) is 2. The van der Waals surface area contributed by atoms with Crippen LogP contribution >= 0.6 is 22.9 Å². The number of benzene rings is 1. The van der Waals surface area contributed by atoms with Gasteiger partial charge in [-0.2, -0.15) is 5.10 Å². The summed E-state index contributed by atoms with van der Waals surface area (Å²) >= 11 is 7.40. The quantitative estimate of drug-likeness (QED) is 0.458. The monoisotopic (exact) mass is 324 g/mol. The Labute approximate surface area is 132 Å². The molecule has 7 heteroatoms. The molecule has 112 valence electrons. The Morgan fingerprint density at radius 2 is 2.38 bits per heavy atom. The number of nitrogen functional groups attached to an aromatic ring is 1. The van der Waals surface area contributed by atoms with Crippen molar-refractivity contribution < 1.29 is 4.74 Å². The summed E-state index contributed by atoms with van der Waals surface area (Å²) in [5, 5.41) is 7.16. The highest BCUT2D eigenvalue weighted by Crippen LogP contribution is 2.22. The summed E-state index contributed by atoms with van der Waals surface area (Å²) in [4.78, 5) is 4.06. The third-order valence-electron chi connectivity index (χ3n) is 2.61. The normalized spacial score (nSPS) is 11.0. The van der Waals surface area contributed by atoms with Crippen molar-refractivity contribution in [3.05, 3.63) is 34.2 Å². The lowest BCUT2D eigenvalue weighted by atomic mass is 10.2. The van der Waals surface area contributed by atoms with Crippen LogP contribution in [0.4, 0.5) is 10.9 Å². The minimum absolute atomic E-state index is 0.476. The van der Waals surface area contributed by atoms with E-state index in [9.17, 15) is 0 Å². The van der Waals surface area contributed by atoms with Crippen LogP contribution in [0.3, 0.4) is 0 Å². The van der Waals surface area contributed by atoms with Crippen molar-refractivity contribution in [1.29, 1.82) is 0 Å². The zero-order chi connectivity index (χ0) is 15.1. The molecule has 5 nitrogen and oxygen atoms in total. The smallest absolute Gasteiger partial charge is 0.205 e.